The van der Waals surface area contributed by atoms with Crippen molar-refractivity contribution in [3.63, 3.8) is 0 Å². The third-order valence-corrected chi connectivity index (χ3v) is 2.81. The molecule has 2 N–H and O–H groups in total. The number of hydrogen-bond acceptors (Lipinski definition) is 3. The molecule has 0 aliphatic rings. The van der Waals surface area contributed by atoms with Gasteiger partial charge in [-0.05, 0) is 24.6 Å². The maximum atomic E-state index is 11.9. The molecule has 18 heavy (non-hydrogen) atoms. The fourth-order valence-corrected chi connectivity index (χ4v) is 1.59. The van der Waals surface area contributed by atoms with Crippen LogP contribution in [0.25, 0.3) is 0 Å². The van der Waals surface area contributed by atoms with Crippen LogP contribution in [-0.4, -0.2) is 35.6 Å². The van der Waals surface area contributed by atoms with Crippen LogP contribution < -0.4 is 10.1 Å². The normalized spacial score (nSPS) is 11.9. The molecule has 0 saturated carbocycles. The van der Waals surface area contributed by atoms with Gasteiger partial charge in [-0.3, -0.25) is 4.79 Å². The zero-order valence-corrected chi connectivity index (χ0v) is 11.9. The number of amides is 1. The number of carbonyl (C=O) groups excluding carboxylic acids is 1. The lowest BCUT2D eigenvalue weighted by Crippen LogP contribution is -2.36. The standard InChI is InChI=1S/C13H18BrNO3/c1-2-11(9-16)15-13(17)10-4-3-5-12(8-10)18-7-6-14/h3-5,8,11,16H,2,6-7,9H2,1H3,(H,15,17). The molecular formula is C13H18BrNO3. The monoisotopic (exact) mass is 315 g/mol. The van der Waals surface area contributed by atoms with Gasteiger partial charge in [-0.1, -0.05) is 28.9 Å². The maximum Gasteiger partial charge on any atom is 0.251 e. The minimum Gasteiger partial charge on any atom is -0.493 e. The topological polar surface area (TPSA) is 58.6 Å². The Morgan fingerprint density at radius 3 is 2.94 bits per heavy atom. The van der Waals surface area contributed by atoms with E-state index in [0.29, 0.717) is 24.3 Å². The number of hydrogen-bond donors (Lipinski definition) is 2. The first kappa shape index (κ1) is 15.0. The van der Waals surface area contributed by atoms with E-state index >= 15 is 0 Å². The van der Waals surface area contributed by atoms with Gasteiger partial charge in [0.05, 0.1) is 19.3 Å². The quantitative estimate of drug-likeness (QED) is 0.756. The molecular weight excluding hydrogens is 298 g/mol. The second-order valence-corrected chi connectivity index (χ2v) is 4.62. The molecule has 0 aliphatic heterocycles. The van der Waals surface area contributed by atoms with Crippen molar-refractivity contribution in [3.05, 3.63) is 29.8 Å². The van der Waals surface area contributed by atoms with Crippen molar-refractivity contribution in [3.8, 4) is 5.75 Å². The molecule has 1 atom stereocenters. The molecule has 0 bridgehead atoms. The molecule has 4 nitrogen and oxygen atoms in total. The molecule has 1 unspecified atom stereocenters. The van der Waals surface area contributed by atoms with Crippen LogP contribution in [0.15, 0.2) is 24.3 Å². The number of nitrogens with one attached hydrogen (secondary N) is 1. The number of aliphatic hydroxyl groups excluding tert-OH is 1. The molecule has 5 heteroatoms. The molecule has 1 rings (SSSR count). The lowest BCUT2D eigenvalue weighted by atomic mass is 10.1. The fraction of sp³-hybridized carbons (Fsp3) is 0.462. The van der Waals surface area contributed by atoms with Gasteiger partial charge in [0.15, 0.2) is 0 Å². The second kappa shape index (κ2) is 8.11. The average molecular weight is 316 g/mol. The number of halogens is 1. The van der Waals surface area contributed by atoms with E-state index in [1.165, 1.54) is 0 Å². The van der Waals surface area contributed by atoms with Gasteiger partial charge in [-0.25, -0.2) is 0 Å². The number of aliphatic hydroxyl groups is 1. The Kier molecular flexibility index (Phi) is 6.75. The Labute approximate surface area is 115 Å². The minimum atomic E-state index is -0.204. The van der Waals surface area contributed by atoms with Gasteiger partial charge in [0.1, 0.15) is 5.75 Å². The molecule has 0 aromatic heterocycles. The van der Waals surface area contributed by atoms with Gasteiger partial charge in [0.25, 0.3) is 5.91 Å². The lowest BCUT2D eigenvalue weighted by molar-refractivity contribution is 0.0914. The Balaban J connectivity index is 2.67. The molecule has 100 valence electrons. The summed E-state index contributed by atoms with van der Waals surface area (Å²) in [5, 5.41) is 12.6. The molecule has 1 amide bonds. The van der Waals surface area contributed by atoms with Crippen molar-refractivity contribution in [1.29, 1.82) is 0 Å². The molecule has 0 spiro atoms. The van der Waals surface area contributed by atoms with E-state index in [9.17, 15) is 4.79 Å². The Bertz CT molecular complexity index is 380. The van der Waals surface area contributed by atoms with Gasteiger partial charge >= 0.3 is 0 Å². The van der Waals surface area contributed by atoms with E-state index < -0.39 is 0 Å². The zero-order chi connectivity index (χ0) is 13.4. The van der Waals surface area contributed by atoms with Crippen molar-refractivity contribution in [1.82, 2.24) is 5.32 Å². The van der Waals surface area contributed by atoms with E-state index in [1.54, 1.807) is 18.2 Å². The van der Waals surface area contributed by atoms with Crippen LogP contribution in [0.5, 0.6) is 5.75 Å². The van der Waals surface area contributed by atoms with Gasteiger partial charge in [0.2, 0.25) is 0 Å². The number of carbonyl (C=O) groups is 1. The van der Waals surface area contributed by atoms with E-state index in [0.717, 1.165) is 5.33 Å². The van der Waals surface area contributed by atoms with E-state index in [2.05, 4.69) is 21.2 Å². The minimum absolute atomic E-state index is 0.0536. The summed E-state index contributed by atoms with van der Waals surface area (Å²) in [7, 11) is 0. The number of benzene rings is 1. The zero-order valence-electron chi connectivity index (χ0n) is 10.4. The van der Waals surface area contributed by atoms with E-state index in [1.807, 2.05) is 13.0 Å². The van der Waals surface area contributed by atoms with Crippen molar-refractivity contribution in [2.45, 2.75) is 19.4 Å². The summed E-state index contributed by atoms with van der Waals surface area (Å²) in [4.78, 5) is 11.9. The number of alkyl halides is 1. The van der Waals surface area contributed by atoms with Crippen molar-refractivity contribution in [2.24, 2.45) is 0 Å². The van der Waals surface area contributed by atoms with Crippen molar-refractivity contribution in [2.75, 3.05) is 18.5 Å². The molecule has 1 aromatic rings. The van der Waals surface area contributed by atoms with Crippen LogP contribution in [0.4, 0.5) is 0 Å². The van der Waals surface area contributed by atoms with Crippen molar-refractivity contribution < 1.29 is 14.6 Å². The molecule has 0 saturated heterocycles. The van der Waals surface area contributed by atoms with Crippen LogP contribution in [-0.2, 0) is 0 Å². The summed E-state index contributed by atoms with van der Waals surface area (Å²) in [6.07, 6.45) is 0.696. The van der Waals surface area contributed by atoms with E-state index in [4.69, 9.17) is 9.84 Å². The highest BCUT2D eigenvalue weighted by atomic mass is 79.9. The SMILES string of the molecule is CCC(CO)NC(=O)c1cccc(OCCBr)c1. The summed E-state index contributed by atoms with van der Waals surface area (Å²) in [5.74, 6) is 0.472. The summed E-state index contributed by atoms with van der Waals surface area (Å²) in [6, 6.07) is 6.80. The second-order valence-electron chi connectivity index (χ2n) is 3.83. The highest BCUT2D eigenvalue weighted by Gasteiger charge is 2.11. The van der Waals surface area contributed by atoms with Gasteiger partial charge in [-0.2, -0.15) is 0 Å². The molecule has 0 heterocycles. The van der Waals surface area contributed by atoms with Crippen LogP contribution in [0.3, 0.4) is 0 Å². The summed E-state index contributed by atoms with van der Waals surface area (Å²) >= 11 is 3.27. The molecule has 0 aliphatic carbocycles. The molecule has 0 radical (unpaired) electrons. The first-order chi connectivity index (χ1) is 8.71. The third kappa shape index (κ3) is 4.66. The summed E-state index contributed by atoms with van der Waals surface area (Å²) in [5.41, 5.74) is 0.536. The largest absolute Gasteiger partial charge is 0.493 e. The predicted molar refractivity (Wildman–Crippen MR) is 74.4 cm³/mol. The van der Waals surface area contributed by atoms with Gasteiger partial charge in [-0.15, -0.1) is 0 Å². The smallest absolute Gasteiger partial charge is 0.251 e. The third-order valence-electron chi connectivity index (χ3n) is 2.49. The number of ether oxygens (including phenoxy) is 1. The van der Waals surface area contributed by atoms with Gasteiger partial charge < -0.3 is 15.2 Å². The Hall–Kier alpha value is -1.07. The maximum absolute atomic E-state index is 11.9. The average Bonchev–Trinajstić information content (AvgIpc) is 2.42. The van der Waals surface area contributed by atoms with E-state index in [-0.39, 0.29) is 18.6 Å². The Morgan fingerprint density at radius 2 is 2.33 bits per heavy atom. The van der Waals surface area contributed by atoms with Crippen LogP contribution in [0.2, 0.25) is 0 Å². The van der Waals surface area contributed by atoms with Crippen LogP contribution in [0, 0.1) is 0 Å². The first-order valence-corrected chi connectivity index (χ1v) is 7.04. The highest BCUT2D eigenvalue weighted by Crippen LogP contribution is 2.13. The molecule has 1 aromatic carbocycles. The van der Waals surface area contributed by atoms with Gasteiger partial charge in [0, 0.05) is 10.9 Å². The summed E-state index contributed by atoms with van der Waals surface area (Å²) < 4.78 is 5.43. The Morgan fingerprint density at radius 1 is 1.56 bits per heavy atom. The van der Waals surface area contributed by atoms with Crippen LogP contribution in [0.1, 0.15) is 23.7 Å². The van der Waals surface area contributed by atoms with Crippen molar-refractivity contribution >= 4 is 21.8 Å². The predicted octanol–water partition coefficient (Wildman–Crippen LogP) is 1.96. The lowest BCUT2D eigenvalue weighted by Gasteiger charge is -2.14. The summed E-state index contributed by atoms with van der Waals surface area (Å²) in [6.45, 7) is 2.41. The number of rotatable bonds is 7. The fourth-order valence-electron chi connectivity index (χ4n) is 1.43. The molecule has 0 fully saturated rings. The van der Waals surface area contributed by atoms with Crippen LogP contribution >= 0.6 is 15.9 Å². The highest BCUT2D eigenvalue weighted by molar-refractivity contribution is 9.09. The first-order valence-electron chi connectivity index (χ1n) is 5.91.